The Kier molecular flexibility index (Phi) is 3.62. The fourth-order valence-electron chi connectivity index (χ4n) is 2.56. The molecule has 0 bridgehead atoms. The Balaban J connectivity index is 1.92. The summed E-state index contributed by atoms with van der Waals surface area (Å²) in [7, 11) is 0. The number of aryl methyl sites for hydroxylation is 1. The van der Waals surface area contributed by atoms with Crippen LogP contribution in [0.4, 0.5) is 4.39 Å². The first kappa shape index (κ1) is 12.8. The van der Waals surface area contributed by atoms with Crippen LogP contribution in [0.25, 0.3) is 11.3 Å². The van der Waals surface area contributed by atoms with E-state index in [-0.39, 0.29) is 5.82 Å². The Labute approximate surface area is 116 Å². The van der Waals surface area contributed by atoms with Crippen molar-refractivity contribution in [3.8, 4) is 11.3 Å². The van der Waals surface area contributed by atoms with E-state index in [0.29, 0.717) is 5.92 Å². The summed E-state index contributed by atoms with van der Waals surface area (Å²) in [4.78, 5) is 5.93. The zero-order valence-electron chi connectivity index (χ0n) is 10.9. The summed E-state index contributed by atoms with van der Waals surface area (Å²) in [6.45, 7) is 4.19. The standard InChI is InChI=1S/C15H17FN2S/c1-10-14(11-4-2-6-13(16)8-11)18-15(19-10)12-5-3-7-17-9-12/h2,4,6,8,12,17H,3,5,7,9H2,1H3. The van der Waals surface area contributed by atoms with Gasteiger partial charge in [0.25, 0.3) is 0 Å². The Morgan fingerprint density at radius 2 is 2.32 bits per heavy atom. The normalized spacial score (nSPS) is 19.6. The molecule has 0 aliphatic carbocycles. The second-order valence-electron chi connectivity index (χ2n) is 5.01. The van der Waals surface area contributed by atoms with Crippen molar-refractivity contribution < 1.29 is 4.39 Å². The number of thiazole rings is 1. The predicted molar refractivity (Wildman–Crippen MR) is 77.1 cm³/mol. The molecule has 1 N–H and O–H groups in total. The number of hydrogen-bond acceptors (Lipinski definition) is 3. The summed E-state index contributed by atoms with van der Waals surface area (Å²) in [5, 5.41) is 4.60. The van der Waals surface area contributed by atoms with Crippen LogP contribution >= 0.6 is 11.3 Å². The topological polar surface area (TPSA) is 24.9 Å². The highest BCUT2D eigenvalue weighted by Gasteiger charge is 2.20. The Morgan fingerprint density at radius 1 is 1.42 bits per heavy atom. The lowest BCUT2D eigenvalue weighted by atomic mass is 10.0. The fraction of sp³-hybridized carbons (Fsp3) is 0.400. The minimum absolute atomic E-state index is 0.203. The molecule has 1 unspecified atom stereocenters. The molecule has 1 aromatic heterocycles. The van der Waals surface area contributed by atoms with Crippen LogP contribution in [-0.4, -0.2) is 18.1 Å². The smallest absolute Gasteiger partial charge is 0.123 e. The maximum Gasteiger partial charge on any atom is 0.123 e. The quantitative estimate of drug-likeness (QED) is 0.904. The third-order valence-electron chi connectivity index (χ3n) is 3.56. The van der Waals surface area contributed by atoms with Crippen molar-refractivity contribution in [3.63, 3.8) is 0 Å². The van der Waals surface area contributed by atoms with E-state index in [2.05, 4.69) is 12.2 Å². The van der Waals surface area contributed by atoms with Gasteiger partial charge in [0, 0.05) is 22.9 Å². The van der Waals surface area contributed by atoms with E-state index in [1.54, 1.807) is 23.5 Å². The van der Waals surface area contributed by atoms with Crippen LogP contribution in [0.5, 0.6) is 0 Å². The molecule has 1 saturated heterocycles. The van der Waals surface area contributed by atoms with Gasteiger partial charge in [0.1, 0.15) is 5.82 Å². The molecule has 0 saturated carbocycles. The van der Waals surface area contributed by atoms with E-state index >= 15 is 0 Å². The summed E-state index contributed by atoms with van der Waals surface area (Å²) in [6, 6.07) is 6.70. The van der Waals surface area contributed by atoms with Gasteiger partial charge in [-0.2, -0.15) is 0 Å². The lowest BCUT2D eigenvalue weighted by Crippen LogP contribution is -2.28. The number of benzene rings is 1. The molecule has 1 aliphatic rings. The van der Waals surface area contributed by atoms with Gasteiger partial charge in [-0.1, -0.05) is 12.1 Å². The minimum Gasteiger partial charge on any atom is -0.316 e. The second-order valence-corrected chi connectivity index (χ2v) is 6.25. The first-order chi connectivity index (χ1) is 9.24. The van der Waals surface area contributed by atoms with Crippen LogP contribution in [0.1, 0.15) is 28.6 Å². The zero-order valence-corrected chi connectivity index (χ0v) is 11.8. The molecule has 0 amide bonds. The molecule has 2 heterocycles. The molecule has 100 valence electrons. The van der Waals surface area contributed by atoms with Crippen molar-refractivity contribution >= 4 is 11.3 Å². The average Bonchev–Trinajstić information content (AvgIpc) is 2.82. The molecule has 1 aliphatic heterocycles. The van der Waals surface area contributed by atoms with Gasteiger partial charge in [-0.25, -0.2) is 9.37 Å². The molecule has 1 atom stereocenters. The van der Waals surface area contributed by atoms with Crippen LogP contribution in [-0.2, 0) is 0 Å². The van der Waals surface area contributed by atoms with E-state index in [9.17, 15) is 4.39 Å². The van der Waals surface area contributed by atoms with Crippen molar-refractivity contribution in [3.05, 3.63) is 40.0 Å². The Hall–Kier alpha value is -1.26. The van der Waals surface area contributed by atoms with Crippen molar-refractivity contribution in [2.24, 2.45) is 0 Å². The van der Waals surface area contributed by atoms with Crippen molar-refractivity contribution in [2.45, 2.75) is 25.7 Å². The summed E-state index contributed by atoms with van der Waals surface area (Å²) in [5.74, 6) is 0.311. The van der Waals surface area contributed by atoms with Crippen LogP contribution in [0.15, 0.2) is 24.3 Å². The Morgan fingerprint density at radius 3 is 3.05 bits per heavy atom. The van der Waals surface area contributed by atoms with Crippen molar-refractivity contribution in [1.82, 2.24) is 10.3 Å². The number of piperidine rings is 1. The minimum atomic E-state index is -0.203. The van der Waals surface area contributed by atoms with Crippen LogP contribution in [0, 0.1) is 12.7 Å². The molecule has 0 radical (unpaired) electrons. The fourth-order valence-corrected chi connectivity index (χ4v) is 3.64. The predicted octanol–water partition coefficient (Wildman–Crippen LogP) is 3.72. The Bertz CT molecular complexity index is 573. The van der Waals surface area contributed by atoms with Gasteiger partial charge in [-0.3, -0.25) is 0 Å². The van der Waals surface area contributed by atoms with Gasteiger partial charge in [0.2, 0.25) is 0 Å². The summed E-state index contributed by atoms with van der Waals surface area (Å²) >= 11 is 1.75. The molecule has 4 heteroatoms. The number of hydrogen-bond donors (Lipinski definition) is 1. The van der Waals surface area contributed by atoms with E-state index in [1.807, 2.05) is 6.07 Å². The number of rotatable bonds is 2. The summed E-state index contributed by atoms with van der Waals surface area (Å²) in [6.07, 6.45) is 2.40. The largest absolute Gasteiger partial charge is 0.316 e. The maximum absolute atomic E-state index is 13.3. The van der Waals surface area contributed by atoms with Crippen molar-refractivity contribution in [2.75, 3.05) is 13.1 Å². The molecule has 2 nitrogen and oxygen atoms in total. The molecule has 1 fully saturated rings. The molecule has 1 aromatic carbocycles. The molecule has 19 heavy (non-hydrogen) atoms. The molecule has 2 aromatic rings. The number of nitrogens with zero attached hydrogens (tertiary/aromatic N) is 1. The van der Waals surface area contributed by atoms with Crippen LogP contribution < -0.4 is 5.32 Å². The van der Waals surface area contributed by atoms with Gasteiger partial charge >= 0.3 is 0 Å². The SMILES string of the molecule is Cc1sc(C2CCCNC2)nc1-c1cccc(F)c1. The van der Waals surface area contributed by atoms with E-state index in [0.717, 1.165) is 24.3 Å². The maximum atomic E-state index is 13.3. The number of halogens is 1. The highest BCUT2D eigenvalue weighted by molar-refractivity contribution is 7.12. The van der Waals surface area contributed by atoms with Gasteiger partial charge in [-0.15, -0.1) is 11.3 Å². The highest BCUT2D eigenvalue weighted by Crippen LogP contribution is 2.33. The highest BCUT2D eigenvalue weighted by atomic mass is 32.1. The van der Waals surface area contributed by atoms with E-state index < -0.39 is 0 Å². The van der Waals surface area contributed by atoms with Gasteiger partial charge in [-0.05, 0) is 38.4 Å². The van der Waals surface area contributed by atoms with Crippen LogP contribution in [0.2, 0.25) is 0 Å². The molecular formula is C15H17FN2S. The first-order valence-electron chi connectivity index (χ1n) is 6.68. The van der Waals surface area contributed by atoms with Crippen LogP contribution in [0.3, 0.4) is 0 Å². The number of aromatic nitrogens is 1. The number of nitrogens with one attached hydrogen (secondary N) is 1. The molecular weight excluding hydrogens is 259 g/mol. The van der Waals surface area contributed by atoms with E-state index in [1.165, 1.54) is 28.8 Å². The van der Waals surface area contributed by atoms with Gasteiger partial charge < -0.3 is 5.32 Å². The lowest BCUT2D eigenvalue weighted by Gasteiger charge is -2.20. The molecule has 3 rings (SSSR count). The van der Waals surface area contributed by atoms with Crippen molar-refractivity contribution in [1.29, 1.82) is 0 Å². The second kappa shape index (κ2) is 5.39. The summed E-state index contributed by atoms with van der Waals surface area (Å²) in [5.41, 5.74) is 1.81. The monoisotopic (exact) mass is 276 g/mol. The zero-order chi connectivity index (χ0) is 13.2. The van der Waals surface area contributed by atoms with E-state index in [4.69, 9.17) is 4.98 Å². The lowest BCUT2D eigenvalue weighted by molar-refractivity contribution is 0.460. The third-order valence-corrected chi connectivity index (χ3v) is 4.69. The summed E-state index contributed by atoms with van der Waals surface area (Å²) < 4.78 is 13.3. The van der Waals surface area contributed by atoms with Gasteiger partial charge in [0.05, 0.1) is 10.7 Å². The first-order valence-corrected chi connectivity index (χ1v) is 7.49. The van der Waals surface area contributed by atoms with Gasteiger partial charge in [0.15, 0.2) is 0 Å². The molecule has 0 spiro atoms. The third kappa shape index (κ3) is 2.69. The average molecular weight is 276 g/mol.